The van der Waals surface area contributed by atoms with Gasteiger partial charge < -0.3 is 20.7 Å². The first-order chi connectivity index (χ1) is 16.3. The monoisotopic (exact) mass is 471 g/mol. The van der Waals surface area contributed by atoms with Gasteiger partial charge in [-0.05, 0) is 37.8 Å². The summed E-state index contributed by atoms with van der Waals surface area (Å²) < 4.78 is 6.97. The standard InChI is InChI=1S/C24H33N5O5/c1-3-5-12-28(20-21(25)29(13-6-4-2)24(33)27-23(20)32)19(30)15-34-18-9-7-8-17(14-18)26-22(31)16-10-11-16/h7-9,14,16H,3-6,10-13,15,25H2,1-2H3,(H,26,31)(H,27,32,33). The van der Waals surface area contributed by atoms with Crippen LogP contribution in [-0.4, -0.2) is 34.5 Å². The maximum Gasteiger partial charge on any atom is 0.330 e. The second kappa shape index (κ2) is 11.5. The first-order valence-corrected chi connectivity index (χ1v) is 11.8. The third-order valence-corrected chi connectivity index (χ3v) is 5.67. The summed E-state index contributed by atoms with van der Waals surface area (Å²) in [5.41, 5.74) is 5.46. The molecule has 2 amide bonds. The van der Waals surface area contributed by atoms with Crippen molar-refractivity contribution in [1.29, 1.82) is 0 Å². The Morgan fingerprint density at radius 2 is 1.94 bits per heavy atom. The van der Waals surface area contributed by atoms with Crippen LogP contribution in [0.1, 0.15) is 52.4 Å². The zero-order valence-electron chi connectivity index (χ0n) is 19.8. The van der Waals surface area contributed by atoms with Crippen LogP contribution in [0.5, 0.6) is 5.75 Å². The maximum atomic E-state index is 13.1. The molecule has 0 unspecified atom stereocenters. The second-order valence-electron chi connectivity index (χ2n) is 8.48. The Morgan fingerprint density at radius 3 is 2.62 bits per heavy atom. The minimum Gasteiger partial charge on any atom is -0.484 e. The average Bonchev–Trinajstić information content (AvgIpc) is 3.65. The number of ether oxygens (including phenoxy) is 1. The van der Waals surface area contributed by atoms with Gasteiger partial charge in [-0.2, -0.15) is 0 Å². The average molecular weight is 472 g/mol. The number of carbonyl (C=O) groups excluding carboxylic acids is 2. The highest BCUT2D eigenvalue weighted by atomic mass is 16.5. The van der Waals surface area contributed by atoms with Crippen molar-refractivity contribution in [3.63, 3.8) is 0 Å². The number of anilines is 3. The highest BCUT2D eigenvalue weighted by Crippen LogP contribution is 2.30. The minimum absolute atomic E-state index is 0.0214. The molecule has 1 heterocycles. The lowest BCUT2D eigenvalue weighted by molar-refractivity contribution is -0.120. The van der Waals surface area contributed by atoms with Crippen molar-refractivity contribution in [2.75, 3.05) is 29.1 Å². The molecule has 184 valence electrons. The number of unbranched alkanes of at least 4 members (excludes halogenated alkanes) is 2. The zero-order valence-corrected chi connectivity index (χ0v) is 19.8. The molecule has 1 saturated carbocycles. The van der Waals surface area contributed by atoms with Crippen LogP contribution in [0, 0.1) is 5.92 Å². The van der Waals surface area contributed by atoms with Crippen molar-refractivity contribution in [2.24, 2.45) is 5.92 Å². The molecule has 0 bridgehead atoms. The lowest BCUT2D eigenvalue weighted by Crippen LogP contribution is -2.43. The Kier molecular flexibility index (Phi) is 8.50. The molecule has 1 aromatic heterocycles. The summed E-state index contributed by atoms with van der Waals surface area (Å²) in [4.78, 5) is 53.6. The number of aromatic amines is 1. The Hall–Kier alpha value is -3.56. The summed E-state index contributed by atoms with van der Waals surface area (Å²) in [5, 5.41) is 2.84. The molecule has 1 aliphatic carbocycles. The van der Waals surface area contributed by atoms with Gasteiger partial charge in [0.1, 0.15) is 11.6 Å². The summed E-state index contributed by atoms with van der Waals surface area (Å²) in [5.74, 6) is -0.0309. The van der Waals surface area contributed by atoms with Gasteiger partial charge in [0, 0.05) is 30.8 Å². The lowest BCUT2D eigenvalue weighted by atomic mass is 10.2. The van der Waals surface area contributed by atoms with Gasteiger partial charge >= 0.3 is 5.69 Å². The van der Waals surface area contributed by atoms with Gasteiger partial charge in [-0.1, -0.05) is 32.8 Å². The molecule has 0 radical (unpaired) electrons. The molecule has 0 atom stereocenters. The van der Waals surface area contributed by atoms with Gasteiger partial charge in [0.2, 0.25) is 5.91 Å². The fourth-order valence-electron chi connectivity index (χ4n) is 3.53. The van der Waals surface area contributed by atoms with E-state index in [1.807, 2.05) is 13.8 Å². The molecule has 3 rings (SSSR count). The molecular formula is C24H33N5O5. The summed E-state index contributed by atoms with van der Waals surface area (Å²) in [6.07, 6.45) is 4.78. The topological polar surface area (TPSA) is 140 Å². The Balaban J connectivity index is 1.78. The lowest BCUT2D eigenvalue weighted by Gasteiger charge is -2.24. The van der Waals surface area contributed by atoms with Crippen LogP contribution < -0.4 is 31.9 Å². The van der Waals surface area contributed by atoms with Crippen molar-refractivity contribution in [2.45, 2.75) is 58.9 Å². The van der Waals surface area contributed by atoms with Crippen molar-refractivity contribution in [3.05, 3.63) is 45.1 Å². The fourth-order valence-corrected chi connectivity index (χ4v) is 3.53. The third kappa shape index (κ3) is 6.27. The van der Waals surface area contributed by atoms with Gasteiger partial charge in [0.15, 0.2) is 12.3 Å². The normalized spacial score (nSPS) is 12.9. The highest BCUT2D eigenvalue weighted by Gasteiger charge is 2.29. The molecule has 0 spiro atoms. The second-order valence-corrected chi connectivity index (χ2v) is 8.48. The largest absolute Gasteiger partial charge is 0.484 e. The van der Waals surface area contributed by atoms with Crippen LogP contribution in [-0.2, 0) is 16.1 Å². The predicted molar refractivity (Wildman–Crippen MR) is 131 cm³/mol. The number of amides is 2. The fraction of sp³-hybridized carbons (Fsp3) is 0.500. The quantitative estimate of drug-likeness (QED) is 0.434. The number of hydrogen-bond acceptors (Lipinski definition) is 6. The smallest absolute Gasteiger partial charge is 0.330 e. The molecule has 2 aromatic rings. The third-order valence-electron chi connectivity index (χ3n) is 5.67. The molecule has 1 aliphatic rings. The Morgan fingerprint density at radius 1 is 1.21 bits per heavy atom. The number of rotatable bonds is 12. The molecule has 10 nitrogen and oxygen atoms in total. The minimum atomic E-state index is -0.704. The van der Waals surface area contributed by atoms with E-state index in [0.29, 0.717) is 30.8 Å². The summed E-state index contributed by atoms with van der Waals surface area (Å²) >= 11 is 0. The van der Waals surface area contributed by atoms with Crippen LogP contribution in [0.25, 0.3) is 0 Å². The van der Waals surface area contributed by atoms with E-state index in [-0.39, 0.29) is 36.5 Å². The van der Waals surface area contributed by atoms with Gasteiger partial charge in [-0.3, -0.25) is 23.9 Å². The Bertz CT molecular complexity index is 1140. The van der Waals surface area contributed by atoms with Crippen molar-refractivity contribution < 1.29 is 14.3 Å². The predicted octanol–water partition coefficient (Wildman–Crippen LogP) is 2.48. The molecule has 34 heavy (non-hydrogen) atoms. The number of nitrogens with zero attached hydrogens (tertiary/aromatic N) is 2. The molecular weight excluding hydrogens is 438 g/mol. The van der Waals surface area contributed by atoms with Crippen molar-refractivity contribution in [3.8, 4) is 5.75 Å². The molecule has 1 fully saturated rings. The van der Waals surface area contributed by atoms with Crippen LogP contribution in [0.2, 0.25) is 0 Å². The van der Waals surface area contributed by atoms with E-state index < -0.39 is 17.2 Å². The van der Waals surface area contributed by atoms with Crippen molar-refractivity contribution in [1.82, 2.24) is 9.55 Å². The van der Waals surface area contributed by atoms with Gasteiger partial charge in [0.25, 0.3) is 11.5 Å². The summed E-state index contributed by atoms with van der Waals surface area (Å²) in [6, 6.07) is 6.81. The number of benzene rings is 1. The maximum absolute atomic E-state index is 13.1. The van der Waals surface area contributed by atoms with Gasteiger partial charge in [-0.25, -0.2) is 4.79 Å². The van der Waals surface area contributed by atoms with E-state index in [1.54, 1.807) is 24.3 Å². The molecule has 0 saturated heterocycles. The number of aromatic nitrogens is 2. The van der Waals surface area contributed by atoms with Crippen LogP contribution in [0.4, 0.5) is 17.2 Å². The van der Waals surface area contributed by atoms with E-state index >= 15 is 0 Å². The van der Waals surface area contributed by atoms with Gasteiger partial charge in [0.05, 0.1) is 0 Å². The summed E-state index contributed by atoms with van der Waals surface area (Å²) in [7, 11) is 0. The first-order valence-electron chi connectivity index (χ1n) is 11.8. The van der Waals surface area contributed by atoms with Gasteiger partial charge in [-0.15, -0.1) is 0 Å². The molecule has 4 N–H and O–H groups in total. The van der Waals surface area contributed by atoms with E-state index in [2.05, 4.69) is 10.3 Å². The SMILES string of the molecule is CCCCN(C(=O)COc1cccc(NC(=O)C2CC2)c1)c1c(N)n(CCCC)c(=O)[nH]c1=O. The molecule has 1 aromatic carbocycles. The van der Waals surface area contributed by atoms with E-state index in [0.717, 1.165) is 25.7 Å². The number of carbonyl (C=O) groups is 2. The van der Waals surface area contributed by atoms with E-state index in [1.165, 1.54) is 9.47 Å². The first kappa shape index (κ1) is 25.1. The van der Waals surface area contributed by atoms with Crippen LogP contribution >= 0.6 is 0 Å². The number of H-pyrrole nitrogens is 1. The molecule has 0 aliphatic heterocycles. The van der Waals surface area contributed by atoms with E-state index in [9.17, 15) is 19.2 Å². The number of nitrogen functional groups attached to an aromatic ring is 1. The van der Waals surface area contributed by atoms with Crippen LogP contribution in [0.3, 0.4) is 0 Å². The molecule has 10 heteroatoms. The van der Waals surface area contributed by atoms with E-state index in [4.69, 9.17) is 10.5 Å². The number of nitrogens with two attached hydrogens (primary N) is 1. The highest BCUT2D eigenvalue weighted by molar-refractivity contribution is 5.96. The van der Waals surface area contributed by atoms with Crippen molar-refractivity contribution >= 4 is 29.0 Å². The van der Waals surface area contributed by atoms with Crippen LogP contribution in [0.15, 0.2) is 33.9 Å². The number of hydrogen-bond donors (Lipinski definition) is 3. The zero-order chi connectivity index (χ0) is 24.7. The Labute approximate surface area is 198 Å². The number of nitrogens with one attached hydrogen (secondary N) is 2. The summed E-state index contributed by atoms with van der Waals surface area (Å²) in [6.45, 7) is 4.22.